The van der Waals surface area contributed by atoms with E-state index in [1.54, 1.807) is 0 Å². The molecule has 1 atom stereocenters. The average molecular weight is 263 g/mol. The van der Waals surface area contributed by atoms with Gasteiger partial charge in [0, 0.05) is 31.9 Å². The van der Waals surface area contributed by atoms with Gasteiger partial charge in [-0.3, -0.25) is 0 Å². The summed E-state index contributed by atoms with van der Waals surface area (Å²) in [6, 6.07) is 6.03. The Hall–Kier alpha value is -1.42. The van der Waals surface area contributed by atoms with Gasteiger partial charge in [-0.15, -0.1) is 0 Å². The van der Waals surface area contributed by atoms with E-state index in [2.05, 4.69) is 30.0 Å². The molecule has 0 bridgehead atoms. The predicted octanol–water partition coefficient (Wildman–Crippen LogP) is 2.06. The smallest absolute Gasteiger partial charge is 0.144 e. The Morgan fingerprint density at radius 2 is 2.26 bits per heavy atom. The zero-order valence-corrected chi connectivity index (χ0v) is 12.2. The molecule has 0 amide bonds. The summed E-state index contributed by atoms with van der Waals surface area (Å²) in [6.45, 7) is 6.11. The second kappa shape index (κ2) is 6.15. The minimum absolute atomic E-state index is 0.644. The van der Waals surface area contributed by atoms with Crippen LogP contribution in [0.25, 0.3) is 0 Å². The molecule has 19 heavy (non-hydrogen) atoms. The van der Waals surface area contributed by atoms with Gasteiger partial charge in [-0.1, -0.05) is 0 Å². The monoisotopic (exact) mass is 263 g/mol. The third-order valence-corrected chi connectivity index (χ3v) is 3.76. The first-order valence-electron chi connectivity index (χ1n) is 7.02. The normalized spacial score (nSPS) is 19.6. The topological polar surface area (TPSA) is 41.7 Å². The van der Waals surface area contributed by atoms with Gasteiger partial charge in [0.15, 0.2) is 0 Å². The van der Waals surface area contributed by atoms with Crippen molar-refractivity contribution in [2.75, 3.05) is 51.0 Å². The van der Waals surface area contributed by atoms with E-state index >= 15 is 0 Å². The third kappa shape index (κ3) is 3.53. The molecule has 0 radical (unpaired) electrons. The maximum atomic E-state index is 5.91. The average Bonchev–Trinajstić information content (AvgIpc) is 2.77. The van der Waals surface area contributed by atoms with Crippen LogP contribution >= 0.6 is 0 Å². The summed E-state index contributed by atoms with van der Waals surface area (Å²) in [7, 11) is 4.33. The van der Waals surface area contributed by atoms with Crippen LogP contribution in [0.15, 0.2) is 18.2 Å². The molecule has 2 N–H and O–H groups in total. The molecule has 4 nitrogen and oxygen atoms in total. The van der Waals surface area contributed by atoms with Crippen LogP contribution < -0.4 is 15.4 Å². The summed E-state index contributed by atoms with van der Waals surface area (Å²) in [5.41, 5.74) is 7.79. The second-order valence-electron chi connectivity index (χ2n) is 5.45. The molecular formula is C15H25N3O. The van der Waals surface area contributed by atoms with Gasteiger partial charge in [-0.25, -0.2) is 0 Å². The van der Waals surface area contributed by atoms with Crippen molar-refractivity contribution in [3.05, 3.63) is 18.2 Å². The van der Waals surface area contributed by atoms with Crippen molar-refractivity contribution in [1.29, 1.82) is 0 Å². The Morgan fingerprint density at radius 3 is 2.89 bits per heavy atom. The number of hydrogen-bond acceptors (Lipinski definition) is 4. The number of ether oxygens (including phenoxy) is 1. The van der Waals surface area contributed by atoms with Gasteiger partial charge in [0.05, 0.1) is 12.3 Å². The fourth-order valence-electron chi connectivity index (χ4n) is 2.71. The molecular weight excluding hydrogens is 238 g/mol. The van der Waals surface area contributed by atoms with Crippen LogP contribution in [0.5, 0.6) is 5.75 Å². The fraction of sp³-hybridized carbons (Fsp3) is 0.600. The van der Waals surface area contributed by atoms with Crippen LogP contribution in [0.1, 0.15) is 13.3 Å². The van der Waals surface area contributed by atoms with E-state index in [-0.39, 0.29) is 0 Å². The Kier molecular flexibility index (Phi) is 4.53. The van der Waals surface area contributed by atoms with E-state index in [1.165, 1.54) is 25.2 Å². The summed E-state index contributed by atoms with van der Waals surface area (Å²) in [5.74, 6) is 1.54. The summed E-state index contributed by atoms with van der Waals surface area (Å²) < 4.78 is 5.55. The highest BCUT2D eigenvalue weighted by Crippen LogP contribution is 2.28. The van der Waals surface area contributed by atoms with E-state index in [0.717, 1.165) is 18.2 Å². The lowest BCUT2D eigenvalue weighted by Gasteiger charge is -2.24. The predicted molar refractivity (Wildman–Crippen MR) is 80.9 cm³/mol. The van der Waals surface area contributed by atoms with Gasteiger partial charge < -0.3 is 20.3 Å². The summed E-state index contributed by atoms with van der Waals surface area (Å²) >= 11 is 0. The van der Waals surface area contributed by atoms with E-state index < -0.39 is 0 Å². The largest absolute Gasteiger partial charge is 0.492 e. The SMILES string of the molecule is CCOc1cc(N(C)CC2CCN(C)C2)ccc1N. The standard InChI is InChI=1S/C15H25N3O/c1-4-19-15-9-13(5-6-14(15)16)18(3)11-12-7-8-17(2)10-12/h5-6,9,12H,4,7-8,10-11,16H2,1-3H3. The van der Waals surface area contributed by atoms with Crippen molar-refractivity contribution in [3.63, 3.8) is 0 Å². The summed E-state index contributed by atoms with van der Waals surface area (Å²) in [6.07, 6.45) is 1.29. The van der Waals surface area contributed by atoms with Gasteiger partial charge in [-0.05, 0) is 45.0 Å². The number of benzene rings is 1. The first kappa shape index (κ1) is 14.0. The van der Waals surface area contributed by atoms with E-state index in [1.807, 2.05) is 19.1 Å². The fourth-order valence-corrected chi connectivity index (χ4v) is 2.71. The number of hydrogen-bond donors (Lipinski definition) is 1. The minimum Gasteiger partial charge on any atom is -0.492 e. The molecule has 2 rings (SSSR count). The van der Waals surface area contributed by atoms with Crippen LogP contribution in [0.3, 0.4) is 0 Å². The number of nitrogens with two attached hydrogens (primary N) is 1. The van der Waals surface area contributed by atoms with Crippen molar-refractivity contribution < 1.29 is 4.74 Å². The molecule has 4 heteroatoms. The van der Waals surface area contributed by atoms with Gasteiger partial charge in [-0.2, -0.15) is 0 Å². The van der Waals surface area contributed by atoms with Crippen molar-refractivity contribution >= 4 is 11.4 Å². The van der Waals surface area contributed by atoms with E-state index in [9.17, 15) is 0 Å². The summed E-state index contributed by atoms with van der Waals surface area (Å²) in [4.78, 5) is 4.69. The van der Waals surface area contributed by atoms with Crippen LogP contribution in [-0.4, -0.2) is 45.2 Å². The number of nitrogen functional groups attached to an aromatic ring is 1. The Bertz CT molecular complexity index is 422. The Morgan fingerprint density at radius 1 is 1.47 bits per heavy atom. The number of nitrogens with zero attached hydrogens (tertiary/aromatic N) is 2. The molecule has 1 aromatic rings. The third-order valence-electron chi connectivity index (χ3n) is 3.76. The van der Waals surface area contributed by atoms with Gasteiger partial charge >= 0.3 is 0 Å². The molecule has 1 unspecified atom stereocenters. The number of anilines is 2. The highest BCUT2D eigenvalue weighted by atomic mass is 16.5. The molecule has 1 heterocycles. The minimum atomic E-state index is 0.644. The quantitative estimate of drug-likeness (QED) is 0.826. The maximum absolute atomic E-state index is 5.91. The molecule has 1 aromatic carbocycles. The first-order valence-corrected chi connectivity index (χ1v) is 7.02. The van der Waals surface area contributed by atoms with Crippen molar-refractivity contribution in [3.8, 4) is 5.75 Å². The molecule has 1 aliphatic rings. The van der Waals surface area contributed by atoms with Crippen molar-refractivity contribution in [2.24, 2.45) is 5.92 Å². The Balaban J connectivity index is 2.02. The molecule has 0 saturated carbocycles. The Labute approximate surface area is 116 Å². The van der Waals surface area contributed by atoms with E-state index in [4.69, 9.17) is 10.5 Å². The van der Waals surface area contributed by atoms with E-state index in [0.29, 0.717) is 12.3 Å². The number of rotatable bonds is 5. The molecule has 0 aromatic heterocycles. The lowest BCUT2D eigenvalue weighted by Crippen LogP contribution is -2.27. The maximum Gasteiger partial charge on any atom is 0.144 e. The second-order valence-corrected chi connectivity index (χ2v) is 5.45. The molecule has 1 aliphatic heterocycles. The van der Waals surface area contributed by atoms with Gasteiger partial charge in [0.25, 0.3) is 0 Å². The zero-order valence-electron chi connectivity index (χ0n) is 12.2. The van der Waals surface area contributed by atoms with Crippen LogP contribution in [0.2, 0.25) is 0 Å². The highest BCUT2D eigenvalue weighted by Gasteiger charge is 2.21. The molecule has 1 fully saturated rings. The number of likely N-dealkylation sites (tertiary alicyclic amines) is 1. The lowest BCUT2D eigenvalue weighted by molar-refractivity contribution is 0.342. The van der Waals surface area contributed by atoms with Crippen molar-refractivity contribution in [1.82, 2.24) is 4.90 Å². The van der Waals surface area contributed by atoms with Gasteiger partial charge in [0.1, 0.15) is 5.75 Å². The zero-order chi connectivity index (χ0) is 13.8. The molecule has 106 valence electrons. The van der Waals surface area contributed by atoms with Crippen molar-refractivity contribution in [2.45, 2.75) is 13.3 Å². The lowest BCUT2D eigenvalue weighted by atomic mass is 10.1. The van der Waals surface area contributed by atoms with Crippen LogP contribution in [-0.2, 0) is 0 Å². The molecule has 1 saturated heterocycles. The molecule has 0 spiro atoms. The van der Waals surface area contributed by atoms with Crippen LogP contribution in [0.4, 0.5) is 11.4 Å². The summed E-state index contributed by atoms with van der Waals surface area (Å²) in [5, 5.41) is 0. The molecule has 0 aliphatic carbocycles. The highest BCUT2D eigenvalue weighted by molar-refractivity contribution is 5.62. The van der Waals surface area contributed by atoms with Crippen LogP contribution in [0, 0.1) is 5.92 Å². The first-order chi connectivity index (χ1) is 9.10. The van der Waals surface area contributed by atoms with Gasteiger partial charge in [0.2, 0.25) is 0 Å².